The number of amides is 1. The van der Waals surface area contributed by atoms with Crippen molar-refractivity contribution in [2.75, 3.05) is 6.61 Å². The minimum Gasteiger partial charge on any atom is -0.482 e. The van der Waals surface area contributed by atoms with Crippen molar-refractivity contribution < 1.29 is 9.53 Å². The number of hydrogen-bond donors (Lipinski definition) is 1. The smallest absolute Gasteiger partial charge is 0.277 e. The van der Waals surface area contributed by atoms with Crippen LogP contribution in [0.3, 0.4) is 0 Å². The van der Waals surface area contributed by atoms with Crippen molar-refractivity contribution in [2.45, 2.75) is 12.8 Å². The van der Waals surface area contributed by atoms with E-state index in [4.69, 9.17) is 27.9 Å². The lowest BCUT2D eigenvalue weighted by atomic mass is 10.0. The van der Waals surface area contributed by atoms with E-state index in [0.29, 0.717) is 15.8 Å². The number of aryl methyl sites for hydroxylation is 2. The summed E-state index contributed by atoms with van der Waals surface area (Å²) in [5.74, 6) is 0.0240. The molecular formula is C21H16Cl2N2O2. The Morgan fingerprint density at radius 1 is 1.11 bits per heavy atom. The molecule has 27 heavy (non-hydrogen) atoms. The van der Waals surface area contributed by atoms with Crippen molar-refractivity contribution in [2.24, 2.45) is 5.10 Å². The molecule has 0 fully saturated rings. The van der Waals surface area contributed by atoms with Crippen LogP contribution in [0.5, 0.6) is 5.75 Å². The number of ether oxygens (including phenoxy) is 1. The summed E-state index contributed by atoms with van der Waals surface area (Å²) in [6.45, 7) is -0.192. The average molecular weight is 399 g/mol. The number of nitrogens with zero attached hydrogens (tertiary/aromatic N) is 1. The summed E-state index contributed by atoms with van der Waals surface area (Å²) in [6, 6.07) is 15.3. The molecule has 0 atom stereocenters. The number of halogens is 2. The Morgan fingerprint density at radius 3 is 2.74 bits per heavy atom. The second-order valence-electron chi connectivity index (χ2n) is 6.31. The quantitative estimate of drug-likeness (QED) is 0.496. The first kappa shape index (κ1) is 17.8. The Kier molecular flexibility index (Phi) is 5.01. The third-order valence-corrected chi connectivity index (χ3v) is 5.09. The van der Waals surface area contributed by atoms with Gasteiger partial charge in [0.15, 0.2) is 6.61 Å². The number of nitrogens with one attached hydrogen (secondary N) is 1. The molecular weight excluding hydrogens is 383 g/mol. The SMILES string of the molecule is O=C(COc1ccc(Cl)cc1Cl)N/N=C\c1ccc2c3c(cccc13)CC2. The predicted octanol–water partition coefficient (Wildman–Crippen LogP) is 4.77. The van der Waals surface area contributed by atoms with Gasteiger partial charge in [-0.1, -0.05) is 53.5 Å². The second-order valence-corrected chi connectivity index (χ2v) is 7.15. The van der Waals surface area contributed by atoms with Crippen LogP contribution in [-0.2, 0) is 17.6 Å². The van der Waals surface area contributed by atoms with E-state index in [1.807, 2.05) is 6.07 Å². The molecule has 3 aromatic rings. The summed E-state index contributed by atoms with van der Waals surface area (Å²) in [7, 11) is 0. The minimum atomic E-state index is -0.372. The summed E-state index contributed by atoms with van der Waals surface area (Å²) in [4.78, 5) is 11.9. The number of rotatable bonds is 5. The Hall–Kier alpha value is -2.56. The third kappa shape index (κ3) is 3.77. The molecule has 3 aromatic carbocycles. The van der Waals surface area contributed by atoms with Crippen molar-refractivity contribution in [3.05, 3.63) is 75.3 Å². The maximum Gasteiger partial charge on any atom is 0.277 e. The Bertz CT molecular complexity index is 1050. The highest BCUT2D eigenvalue weighted by Crippen LogP contribution is 2.32. The molecule has 1 N–H and O–H groups in total. The molecule has 4 nitrogen and oxygen atoms in total. The van der Waals surface area contributed by atoms with E-state index in [9.17, 15) is 4.79 Å². The van der Waals surface area contributed by atoms with Gasteiger partial charge in [-0.3, -0.25) is 4.79 Å². The molecule has 6 heteroatoms. The summed E-state index contributed by atoms with van der Waals surface area (Å²) in [5.41, 5.74) is 6.19. The van der Waals surface area contributed by atoms with E-state index in [2.05, 4.69) is 34.8 Å². The number of hydrogen-bond acceptors (Lipinski definition) is 3. The Labute approximate surface area is 166 Å². The molecule has 0 saturated heterocycles. The maximum atomic E-state index is 11.9. The van der Waals surface area contributed by atoms with Gasteiger partial charge in [-0.15, -0.1) is 0 Å². The van der Waals surface area contributed by atoms with E-state index < -0.39 is 0 Å². The lowest BCUT2D eigenvalue weighted by molar-refractivity contribution is -0.123. The second kappa shape index (κ2) is 7.59. The molecule has 0 heterocycles. The molecule has 0 spiro atoms. The third-order valence-electron chi connectivity index (χ3n) is 4.56. The van der Waals surface area contributed by atoms with Gasteiger partial charge >= 0.3 is 0 Å². The molecule has 0 unspecified atom stereocenters. The summed E-state index contributed by atoms with van der Waals surface area (Å²) in [5, 5.41) is 7.39. The lowest BCUT2D eigenvalue weighted by Gasteiger charge is -2.07. The molecule has 0 aromatic heterocycles. The van der Waals surface area contributed by atoms with Crippen molar-refractivity contribution in [1.82, 2.24) is 5.43 Å². The van der Waals surface area contributed by atoms with Crippen LogP contribution in [0.15, 0.2) is 53.6 Å². The van der Waals surface area contributed by atoms with Crippen LogP contribution in [0.25, 0.3) is 10.8 Å². The molecule has 4 rings (SSSR count). The first-order chi connectivity index (χ1) is 13.1. The minimum absolute atomic E-state index is 0.192. The zero-order chi connectivity index (χ0) is 18.8. The fourth-order valence-corrected chi connectivity index (χ4v) is 3.79. The number of carbonyl (C=O) groups excluding carboxylic acids is 1. The highest BCUT2D eigenvalue weighted by Gasteiger charge is 2.15. The van der Waals surface area contributed by atoms with E-state index in [1.165, 1.54) is 16.5 Å². The van der Waals surface area contributed by atoms with E-state index in [0.717, 1.165) is 23.8 Å². The topological polar surface area (TPSA) is 50.7 Å². The molecule has 0 bridgehead atoms. The summed E-state index contributed by atoms with van der Waals surface area (Å²) >= 11 is 11.8. The zero-order valence-electron chi connectivity index (χ0n) is 14.3. The Morgan fingerprint density at radius 2 is 1.93 bits per heavy atom. The van der Waals surface area contributed by atoms with Crippen LogP contribution in [-0.4, -0.2) is 18.7 Å². The fourth-order valence-electron chi connectivity index (χ4n) is 3.32. The zero-order valence-corrected chi connectivity index (χ0v) is 15.8. The van der Waals surface area contributed by atoms with Crippen molar-refractivity contribution in [1.29, 1.82) is 0 Å². The van der Waals surface area contributed by atoms with Crippen molar-refractivity contribution in [3.8, 4) is 5.75 Å². The Balaban J connectivity index is 1.41. The van der Waals surface area contributed by atoms with Gasteiger partial charge in [0.2, 0.25) is 0 Å². The largest absolute Gasteiger partial charge is 0.482 e. The molecule has 1 amide bonds. The van der Waals surface area contributed by atoms with Gasteiger partial charge in [-0.2, -0.15) is 5.10 Å². The molecule has 136 valence electrons. The van der Waals surface area contributed by atoms with Gasteiger partial charge in [0.25, 0.3) is 5.91 Å². The van der Waals surface area contributed by atoms with Crippen LogP contribution in [0, 0.1) is 0 Å². The van der Waals surface area contributed by atoms with Gasteiger partial charge < -0.3 is 4.74 Å². The molecule has 0 aliphatic heterocycles. The van der Waals surface area contributed by atoms with Crippen molar-refractivity contribution in [3.63, 3.8) is 0 Å². The van der Waals surface area contributed by atoms with E-state index in [1.54, 1.807) is 24.4 Å². The van der Waals surface area contributed by atoms with Crippen LogP contribution in [0.2, 0.25) is 10.0 Å². The van der Waals surface area contributed by atoms with Crippen molar-refractivity contribution >= 4 is 46.1 Å². The summed E-state index contributed by atoms with van der Waals surface area (Å²) in [6.07, 6.45) is 3.82. The predicted molar refractivity (Wildman–Crippen MR) is 109 cm³/mol. The van der Waals surface area contributed by atoms with Gasteiger partial charge in [0.1, 0.15) is 5.75 Å². The van der Waals surface area contributed by atoms with Crippen LogP contribution < -0.4 is 10.2 Å². The standard InChI is InChI=1S/C21H16Cl2N2O2/c22-16-8-9-19(18(23)10-16)27-12-20(26)25-24-11-15-7-6-14-5-4-13-2-1-3-17(15)21(13)14/h1-3,6-11H,4-5,12H2,(H,25,26)/b24-11-. The average Bonchev–Trinajstić information content (AvgIpc) is 3.08. The van der Waals surface area contributed by atoms with Gasteiger partial charge in [0.05, 0.1) is 11.2 Å². The summed E-state index contributed by atoms with van der Waals surface area (Å²) < 4.78 is 5.39. The first-order valence-electron chi connectivity index (χ1n) is 8.55. The maximum absolute atomic E-state index is 11.9. The van der Waals surface area contributed by atoms with Crippen LogP contribution in [0.1, 0.15) is 16.7 Å². The lowest BCUT2D eigenvalue weighted by Crippen LogP contribution is -2.24. The molecule has 0 radical (unpaired) electrons. The fraction of sp³-hybridized carbons (Fsp3) is 0.143. The number of benzene rings is 3. The van der Waals surface area contributed by atoms with Gasteiger partial charge in [-0.25, -0.2) is 5.43 Å². The monoisotopic (exact) mass is 398 g/mol. The van der Waals surface area contributed by atoms with Crippen LogP contribution in [0.4, 0.5) is 0 Å². The molecule has 1 aliphatic carbocycles. The van der Waals surface area contributed by atoms with Crippen LogP contribution >= 0.6 is 23.2 Å². The molecule has 1 aliphatic rings. The highest BCUT2D eigenvalue weighted by molar-refractivity contribution is 6.35. The van der Waals surface area contributed by atoms with Gasteiger partial charge in [-0.05, 0) is 52.9 Å². The first-order valence-corrected chi connectivity index (χ1v) is 9.30. The number of hydrazone groups is 1. The molecule has 0 saturated carbocycles. The highest BCUT2D eigenvalue weighted by atomic mass is 35.5. The van der Waals surface area contributed by atoms with E-state index in [-0.39, 0.29) is 12.5 Å². The number of carbonyl (C=O) groups is 1. The van der Waals surface area contributed by atoms with E-state index >= 15 is 0 Å². The normalized spacial score (nSPS) is 12.7. The van der Waals surface area contributed by atoms with Gasteiger partial charge in [0, 0.05) is 10.6 Å².